The molecule has 3 aliphatic carbocycles. The molecule has 4 atom stereocenters. The second kappa shape index (κ2) is 3.32. The summed E-state index contributed by atoms with van der Waals surface area (Å²) in [5.41, 5.74) is -0.204. The average Bonchev–Trinajstić information content (AvgIpc) is 2.46. The molecule has 7 rings (SSSR count). The number of carbonyl (C=O) groups excluding carboxylic acids is 2. The predicted octanol–water partition coefficient (Wildman–Crippen LogP) is 2.58. The number of nitrogens with zero attached hydrogens (tertiary/aromatic N) is 1. The SMILES string of the molecule is CC12CCC3CC1C(=O)N1C(=O)c4ccccc4O[C@@]31C2. The van der Waals surface area contributed by atoms with E-state index in [2.05, 4.69) is 6.92 Å². The zero-order valence-corrected chi connectivity index (χ0v) is 12.0. The maximum atomic E-state index is 12.9. The minimum atomic E-state index is -0.718. The van der Waals surface area contributed by atoms with Gasteiger partial charge in [0, 0.05) is 18.3 Å². The van der Waals surface area contributed by atoms with E-state index in [1.807, 2.05) is 18.2 Å². The van der Waals surface area contributed by atoms with Crippen molar-refractivity contribution >= 4 is 11.8 Å². The molecule has 3 unspecified atom stereocenters. The standard InChI is InChI=1S/C17H17NO3/c1-16-7-6-10-8-12(16)15(20)18-14(19)11-4-2-3-5-13(11)21-17(10,18)9-16/h2-5,10,12H,6-9H2,1H3/t10?,12?,16?,17-/m0/s1. The molecule has 1 aromatic rings. The first-order valence-corrected chi connectivity index (χ1v) is 7.72. The first-order chi connectivity index (χ1) is 10.1. The van der Waals surface area contributed by atoms with E-state index >= 15 is 0 Å². The highest BCUT2D eigenvalue weighted by molar-refractivity contribution is 6.09. The van der Waals surface area contributed by atoms with Crippen molar-refractivity contribution in [2.75, 3.05) is 0 Å². The highest BCUT2D eigenvalue weighted by Gasteiger charge is 2.71. The van der Waals surface area contributed by atoms with Crippen LogP contribution in [0.1, 0.15) is 43.0 Å². The Morgan fingerprint density at radius 2 is 2.10 bits per heavy atom. The molecule has 5 fully saturated rings. The van der Waals surface area contributed by atoms with Crippen molar-refractivity contribution in [3.63, 3.8) is 0 Å². The van der Waals surface area contributed by atoms with Gasteiger partial charge in [-0.25, -0.2) is 4.90 Å². The van der Waals surface area contributed by atoms with E-state index in [1.165, 1.54) is 4.90 Å². The Hall–Kier alpha value is -1.84. The van der Waals surface area contributed by atoms with Gasteiger partial charge in [0.2, 0.25) is 5.91 Å². The molecule has 2 amide bonds. The van der Waals surface area contributed by atoms with E-state index in [-0.39, 0.29) is 23.1 Å². The molecule has 108 valence electrons. The van der Waals surface area contributed by atoms with Crippen LogP contribution in [-0.4, -0.2) is 22.4 Å². The molecule has 0 aromatic heterocycles. The van der Waals surface area contributed by atoms with E-state index in [9.17, 15) is 9.59 Å². The largest absolute Gasteiger partial charge is 0.466 e. The quantitative estimate of drug-likeness (QED) is 0.688. The van der Waals surface area contributed by atoms with Gasteiger partial charge in [-0.3, -0.25) is 9.59 Å². The van der Waals surface area contributed by atoms with Crippen LogP contribution in [0.4, 0.5) is 0 Å². The van der Waals surface area contributed by atoms with Crippen molar-refractivity contribution in [3.05, 3.63) is 29.8 Å². The van der Waals surface area contributed by atoms with Crippen molar-refractivity contribution in [2.24, 2.45) is 17.3 Å². The molecule has 2 saturated heterocycles. The van der Waals surface area contributed by atoms with E-state index < -0.39 is 5.72 Å². The third-order valence-corrected chi connectivity index (χ3v) is 6.22. The molecule has 1 spiro atoms. The van der Waals surface area contributed by atoms with Gasteiger partial charge in [0.1, 0.15) is 5.75 Å². The lowest BCUT2D eigenvalue weighted by Crippen LogP contribution is -2.77. The topological polar surface area (TPSA) is 46.6 Å². The lowest BCUT2D eigenvalue weighted by atomic mass is 9.49. The fourth-order valence-electron chi connectivity index (χ4n) is 5.19. The van der Waals surface area contributed by atoms with Crippen LogP contribution in [0.5, 0.6) is 5.75 Å². The normalized spacial score (nSPS) is 42.6. The summed E-state index contributed by atoms with van der Waals surface area (Å²) in [6.07, 6.45) is 3.79. The fourth-order valence-corrected chi connectivity index (χ4v) is 5.19. The Morgan fingerprint density at radius 3 is 2.90 bits per heavy atom. The Kier molecular flexibility index (Phi) is 1.86. The summed E-state index contributed by atoms with van der Waals surface area (Å²) < 4.78 is 6.33. The second-order valence-corrected chi connectivity index (χ2v) is 7.28. The summed E-state index contributed by atoms with van der Waals surface area (Å²) in [6, 6.07) is 7.30. The van der Waals surface area contributed by atoms with Crippen molar-refractivity contribution in [1.29, 1.82) is 0 Å². The number of hydrogen-bond acceptors (Lipinski definition) is 3. The Morgan fingerprint density at radius 1 is 1.29 bits per heavy atom. The van der Waals surface area contributed by atoms with Gasteiger partial charge in [-0.05, 0) is 36.8 Å². The number of fused-ring (bicyclic) bond motifs is 2. The molecular formula is C17H17NO3. The monoisotopic (exact) mass is 283 g/mol. The first-order valence-electron chi connectivity index (χ1n) is 7.72. The Labute approximate surface area is 123 Å². The fraction of sp³-hybridized carbons (Fsp3) is 0.529. The Bertz CT molecular complexity index is 699. The maximum Gasteiger partial charge on any atom is 0.267 e. The lowest BCUT2D eigenvalue weighted by Gasteiger charge is -2.67. The number of carbonyl (C=O) groups is 2. The number of ether oxygens (including phenoxy) is 1. The van der Waals surface area contributed by atoms with Gasteiger partial charge >= 0.3 is 0 Å². The summed E-state index contributed by atoms with van der Waals surface area (Å²) in [4.78, 5) is 27.2. The van der Waals surface area contributed by atoms with Gasteiger partial charge in [-0.2, -0.15) is 0 Å². The number of para-hydroxylation sites is 1. The molecule has 4 bridgehead atoms. The third kappa shape index (κ3) is 1.15. The molecule has 6 aliphatic rings. The van der Waals surface area contributed by atoms with Crippen molar-refractivity contribution in [1.82, 2.24) is 4.90 Å². The van der Waals surface area contributed by atoms with Gasteiger partial charge in [-0.15, -0.1) is 0 Å². The van der Waals surface area contributed by atoms with Crippen molar-refractivity contribution in [3.8, 4) is 5.75 Å². The molecule has 3 saturated carbocycles. The van der Waals surface area contributed by atoms with E-state index in [0.29, 0.717) is 17.2 Å². The molecule has 0 radical (unpaired) electrons. The number of amides is 2. The van der Waals surface area contributed by atoms with Crippen LogP contribution in [0.25, 0.3) is 0 Å². The minimum Gasteiger partial charge on any atom is -0.466 e. The lowest BCUT2D eigenvalue weighted by molar-refractivity contribution is -0.244. The summed E-state index contributed by atoms with van der Waals surface area (Å²) in [7, 11) is 0. The number of rotatable bonds is 0. The van der Waals surface area contributed by atoms with Crippen LogP contribution >= 0.6 is 0 Å². The molecule has 3 aliphatic heterocycles. The van der Waals surface area contributed by atoms with Gasteiger partial charge in [0.25, 0.3) is 5.91 Å². The number of benzene rings is 1. The van der Waals surface area contributed by atoms with E-state index in [4.69, 9.17) is 4.74 Å². The molecule has 21 heavy (non-hydrogen) atoms. The average molecular weight is 283 g/mol. The highest BCUT2D eigenvalue weighted by atomic mass is 16.5. The molecule has 0 N–H and O–H groups in total. The van der Waals surface area contributed by atoms with Crippen LogP contribution in [0, 0.1) is 17.3 Å². The first kappa shape index (κ1) is 11.8. The molecule has 4 heteroatoms. The number of piperidine rings is 2. The van der Waals surface area contributed by atoms with E-state index in [0.717, 1.165) is 25.7 Å². The van der Waals surface area contributed by atoms with Gasteiger partial charge in [0.15, 0.2) is 5.72 Å². The summed E-state index contributed by atoms with van der Waals surface area (Å²) in [5.74, 6) is 0.746. The van der Waals surface area contributed by atoms with Crippen LogP contribution in [0.3, 0.4) is 0 Å². The van der Waals surface area contributed by atoms with Crippen LogP contribution < -0.4 is 4.74 Å². The van der Waals surface area contributed by atoms with Crippen LogP contribution in [0.2, 0.25) is 0 Å². The molecule has 3 heterocycles. The molecular weight excluding hydrogens is 266 g/mol. The van der Waals surface area contributed by atoms with Crippen molar-refractivity contribution in [2.45, 2.75) is 38.3 Å². The van der Waals surface area contributed by atoms with Gasteiger partial charge in [0.05, 0.1) is 5.56 Å². The van der Waals surface area contributed by atoms with Gasteiger partial charge in [-0.1, -0.05) is 19.1 Å². The summed E-state index contributed by atoms with van der Waals surface area (Å²) >= 11 is 0. The number of imide groups is 1. The van der Waals surface area contributed by atoms with Crippen molar-refractivity contribution < 1.29 is 14.3 Å². The summed E-state index contributed by atoms with van der Waals surface area (Å²) in [5, 5.41) is 0. The van der Waals surface area contributed by atoms with Crippen LogP contribution in [0.15, 0.2) is 24.3 Å². The number of hydrogen-bond donors (Lipinski definition) is 0. The molecule has 1 aromatic carbocycles. The zero-order chi connectivity index (χ0) is 14.4. The third-order valence-electron chi connectivity index (χ3n) is 6.22. The smallest absolute Gasteiger partial charge is 0.267 e. The van der Waals surface area contributed by atoms with Crippen LogP contribution in [-0.2, 0) is 4.79 Å². The Balaban J connectivity index is 1.75. The maximum absolute atomic E-state index is 12.9. The van der Waals surface area contributed by atoms with E-state index in [1.54, 1.807) is 6.07 Å². The minimum absolute atomic E-state index is 0.00376. The highest BCUT2D eigenvalue weighted by Crippen LogP contribution is 2.65. The molecule has 4 nitrogen and oxygen atoms in total. The summed E-state index contributed by atoms with van der Waals surface area (Å²) in [6.45, 7) is 2.19. The second-order valence-electron chi connectivity index (χ2n) is 7.28. The van der Waals surface area contributed by atoms with Gasteiger partial charge < -0.3 is 4.74 Å². The predicted molar refractivity (Wildman–Crippen MR) is 74.5 cm³/mol. The zero-order valence-electron chi connectivity index (χ0n) is 12.0.